The number of nitrogens with two attached hydrogens (primary N) is 1. The van der Waals surface area contributed by atoms with Crippen LogP contribution < -0.4 is 5.73 Å². The van der Waals surface area contributed by atoms with Gasteiger partial charge in [0.05, 0.1) is 16.8 Å². The smallest absolute Gasteiger partial charge is 0.250 e. The number of imidazole rings is 1. The summed E-state index contributed by atoms with van der Waals surface area (Å²) in [4.78, 5) is 27.9. The standard InChI is InChI=1S/C16H11N5OS/c17-14(22)10-4-1-5-11-13(10)21-15(19-11)16-20-12(8-23-16)9-3-2-6-18-7-9/h1-8H,(H2,17,22)(H,19,21). The highest BCUT2D eigenvalue weighted by Gasteiger charge is 2.14. The number of benzene rings is 1. The lowest BCUT2D eigenvalue weighted by atomic mass is 10.2. The van der Waals surface area contributed by atoms with Gasteiger partial charge in [0.25, 0.3) is 5.91 Å². The van der Waals surface area contributed by atoms with E-state index in [0.29, 0.717) is 16.9 Å². The Morgan fingerprint density at radius 2 is 2.09 bits per heavy atom. The maximum atomic E-state index is 11.5. The molecule has 0 radical (unpaired) electrons. The number of primary amides is 1. The third kappa shape index (κ3) is 2.36. The van der Waals surface area contributed by atoms with Crippen LogP contribution in [0.1, 0.15) is 10.4 Å². The molecule has 0 aliphatic carbocycles. The summed E-state index contributed by atoms with van der Waals surface area (Å²) < 4.78 is 0. The van der Waals surface area contributed by atoms with Gasteiger partial charge < -0.3 is 10.7 Å². The topological polar surface area (TPSA) is 97.6 Å². The molecule has 1 amide bonds. The van der Waals surface area contributed by atoms with Crippen LogP contribution in [-0.4, -0.2) is 25.8 Å². The van der Waals surface area contributed by atoms with E-state index in [1.807, 2.05) is 23.6 Å². The van der Waals surface area contributed by atoms with E-state index in [1.165, 1.54) is 11.3 Å². The number of rotatable bonds is 3. The van der Waals surface area contributed by atoms with Crippen molar-refractivity contribution in [2.45, 2.75) is 0 Å². The summed E-state index contributed by atoms with van der Waals surface area (Å²) in [6.45, 7) is 0. The quantitative estimate of drug-likeness (QED) is 0.606. The number of aromatic nitrogens is 4. The van der Waals surface area contributed by atoms with Crippen LogP contribution in [0.5, 0.6) is 0 Å². The van der Waals surface area contributed by atoms with Crippen molar-refractivity contribution in [2.24, 2.45) is 5.73 Å². The molecular formula is C16H11N5OS. The Morgan fingerprint density at radius 1 is 1.17 bits per heavy atom. The Kier molecular flexibility index (Phi) is 3.13. The molecule has 0 aliphatic heterocycles. The van der Waals surface area contributed by atoms with Gasteiger partial charge in [-0.3, -0.25) is 9.78 Å². The zero-order valence-electron chi connectivity index (χ0n) is 11.9. The number of fused-ring (bicyclic) bond motifs is 1. The average Bonchev–Trinajstić information content (AvgIpc) is 3.21. The maximum Gasteiger partial charge on any atom is 0.250 e. The molecule has 0 bridgehead atoms. The molecule has 0 aliphatic rings. The number of amides is 1. The van der Waals surface area contributed by atoms with Gasteiger partial charge in [0, 0.05) is 23.3 Å². The number of aromatic amines is 1. The van der Waals surface area contributed by atoms with Gasteiger partial charge in [-0.25, -0.2) is 9.97 Å². The second-order valence-electron chi connectivity index (χ2n) is 4.93. The van der Waals surface area contributed by atoms with E-state index in [2.05, 4.69) is 19.9 Å². The Bertz CT molecular complexity index is 1010. The second-order valence-corrected chi connectivity index (χ2v) is 5.79. The number of nitrogens with zero attached hydrogens (tertiary/aromatic N) is 3. The molecule has 4 aromatic rings. The van der Waals surface area contributed by atoms with Crippen LogP contribution in [0.3, 0.4) is 0 Å². The molecule has 1 aromatic carbocycles. The van der Waals surface area contributed by atoms with Crippen LogP contribution >= 0.6 is 11.3 Å². The van der Waals surface area contributed by atoms with Crippen LogP contribution in [0.15, 0.2) is 48.1 Å². The van der Waals surface area contributed by atoms with Gasteiger partial charge in [0.2, 0.25) is 0 Å². The van der Waals surface area contributed by atoms with E-state index in [-0.39, 0.29) is 0 Å². The molecule has 3 heterocycles. The molecular weight excluding hydrogens is 310 g/mol. The van der Waals surface area contributed by atoms with Crippen molar-refractivity contribution in [1.82, 2.24) is 19.9 Å². The lowest BCUT2D eigenvalue weighted by molar-refractivity contribution is 0.100. The molecule has 3 N–H and O–H groups in total. The van der Waals surface area contributed by atoms with E-state index < -0.39 is 5.91 Å². The summed E-state index contributed by atoms with van der Waals surface area (Å²) in [7, 11) is 0. The minimum atomic E-state index is -0.496. The molecule has 7 heteroatoms. The zero-order chi connectivity index (χ0) is 15.8. The van der Waals surface area contributed by atoms with E-state index in [0.717, 1.165) is 21.8 Å². The van der Waals surface area contributed by atoms with Crippen molar-refractivity contribution in [3.8, 4) is 22.1 Å². The van der Waals surface area contributed by atoms with Gasteiger partial charge >= 0.3 is 0 Å². The van der Waals surface area contributed by atoms with E-state index in [1.54, 1.807) is 24.5 Å². The maximum absolute atomic E-state index is 11.5. The molecule has 3 aromatic heterocycles. The van der Waals surface area contributed by atoms with Crippen molar-refractivity contribution < 1.29 is 4.79 Å². The SMILES string of the molecule is NC(=O)c1cccc2[nH]c(-c3nc(-c4cccnc4)cs3)nc12. The number of nitrogens with one attached hydrogen (secondary N) is 1. The first-order valence-electron chi connectivity index (χ1n) is 6.87. The van der Waals surface area contributed by atoms with Crippen LogP contribution in [0.2, 0.25) is 0 Å². The second kappa shape index (κ2) is 5.29. The Balaban J connectivity index is 1.80. The zero-order valence-corrected chi connectivity index (χ0v) is 12.7. The first kappa shape index (κ1) is 13.6. The average molecular weight is 321 g/mol. The molecule has 112 valence electrons. The van der Waals surface area contributed by atoms with E-state index in [4.69, 9.17) is 5.73 Å². The van der Waals surface area contributed by atoms with Gasteiger partial charge in [0.15, 0.2) is 10.8 Å². The number of hydrogen-bond donors (Lipinski definition) is 2. The molecule has 0 spiro atoms. The van der Waals surface area contributed by atoms with Crippen molar-refractivity contribution in [2.75, 3.05) is 0 Å². The molecule has 23 heavy (non-hydrogen) atoms. The summed E-state index contributed by atoms with van der Waals surface area (Å²) in [6.07, 6.45) is 3.49. The van der Waals surface area contributed by atoms with Crippen LogP contribution in [0.4, 0.5) is 0 Å². The molecule has 0 saturated heterocycles. The Hall–Kier alpha value is -3.06. The molecule has 0 saturated carbocycles. The molecule has 0 fully saturated rings. The number of thiazole rings is 1. The predicted octanol–water partition coefficient (Wildman–Crippen LogP) is 2.85. The number of carbonyl (C=O) groups is 1. The van der Waals surface area contributed by atoms with Crippen molar-refractivity contribution in [3.63, 3.8) is 0 Å². The number of para-hydroxylation sites is 1. The summed E-state index contributed by atoms with van der Waals surface area (Å²) in [5.74, 6) is 0.123. The molecule has 4 rings (SSSR count). The first-order valence-corrected chi connectivity index (χ1v) is 7.75. The van der Waals surface area contributed by atoms with E-state index in [9.17, 15) is 4.79 Å². The monoisotopic (exact) mass is 321 g/mol. The lowest BCUT2D eigenvalue weighted by Crippen LogP contribution is -2.11. The van der Waals surface area contributed by atoms with Crippen molar-refractivity contribution in [1.29, 1.82) is 0 Å². The summed E-state index contributed by atoms with van der Waals surface area (Å²) in [5, 5.41) is 2.70. The predicted molar refractivity (Wildman–Crippen MR) is 89.0 cm³/mol. The molecule has 0 atom stereocenters. The fourth-order valence-corrected chi connectivity index (χ4v) is 3.13. The number of H-pyrrole nitrogens is 1. The van der Waals surface area contributed by atoms with Gasteiger partial charge in [-0.15, -0.1) is 11.3 Å². The van der Waals surface area contributed by atoms with Crippen LogP contribution in [0, 0.1) is 0 Å². The van der Waals surface area contributed by atoms with Gasteiger partial charge in [0.1, 0.15) is 5.52 Å². The first-order chi connectivity index (χ1) is 11.2. The van der Waals surface area contributed by atoms with Crippen molar-refractivity contribution in [3.05, 3.63) is 53.7 Å². The number of hydrogen-bond acceptors (Lipinski definition) is 5. The highest BCUT2D eigenvalue weighted by molar-refractivity contribution is 7.13. The number of carbonyl (C=O) groups excluding carboxylic acids is 1. The number of pyridine rings is 1. The minimum absolute atomic E-state index is 0.397. The normalized spacial score (nSPS) is 11.0. The van der Waals surface area contributed by atoms with Gasteiger partial charge in [-0.1, -0.05) is 6.07 Å². The van der Waals surface area contributed by atoms with Crippen LogP contribution in [-0.2, 0) is 0 Å². The highest BCUT2D eigenvalue weighted by atomic mass is 32.1. The summed E-state index contributed by atoms with van der Waals surface area (Å²) in [6, 6.07) is 9.11. The van der Waals surface area contributed by atoms with Crippen molar-refractivity contribution >= 4 is 28.3 Å². The van der Waals surface area contributed by atoms with E-state index >= 15 is 0 Å². The van der Waals surface area contributed by atoms with Crippen LogP contribution in [0.25, 0.3) is 33.1 Å². The fraction of sp³-hybridized carbons (Fsp3) is 0. The van der Waals surface area contributed by atoms with Gasteiger partial charge in [-0.2, -0.15) is 0 Å². The molecule has 6 nitrogen and oxygen atoms in total. The molecule has 0 unspecified atom stereocenters. The highest BCUT2D eigenvalue weighted by Crippen LogP contribution is 2.28. The summed E-state index contributed by atoms with van der Waals surface area (Å²) in [5.41, 5.74) is 8.90. The Morgan fingerprint density at radius 3 is 2.87 bits per heavy atom. The largest absolute Gasteiger partial charge is 0.366 e. The third-order valence-electron chi connectivity index (χ3n) is 3.44. The fourth-order valence-electron chi connectivity index (χ4n) is 2.36. The third-order valence-corrected chi connectivity index (χ3v) is 4.29. The Labute approximate surface area is 135 Å². The lowest BCUT2D eigenvalue weighted by Gasteiger charge is -1.94. The minimum Gasteiger partial charge on any atom is -0.366 e. The summed E-state index contributed by atoms with van der Waals surface area (Å²) >= 11 is 1.48. The van der Waals surface area contributed by atoms with Gasteiger partial charge in [-0.05, 0) is 24.3 Å².